The quantitative estimate of drug-likeness (QED) is 0.585. The summed E-state index contributed by atoms with van der Waals surface area (Å²) in [6.45, 7) is 5.28. The van der Waals surface area contributed by atoms with Gasteiger partial charge in [-0.1, -0.05) is 44.7 Å². The van der Waals surface area contributed by atoms with Gasteiger partial charge in [0, 0.05) is 12.1 Å². The maximum absolute atomic E-state index is 6.06. The second-order valence-corrected chi connectivity index (χ2v) is 4.23. The minimum Gasteiger partial charge on any atom is -0.370 e. The average Bonchev–Trinajstić information content (AvgIpc) is 2.29. The van der Waals surface area contributed by atoms with Gasteiger partial charge in [0.2, 0.25) is 0 Å². The van der Waals surface area contributed by atoms with Crippen LogP contribution < -0.4 is 5.32 Å². The molecule has 0 aliphatic rings. The number of hydrogen-bond donors (Lipinski definition) is 1. The Morgan fingerprint density at radius 1 is 1.19 bits per heavy atom. The van der Waals surface area contributed by atoms with E-state index in [0.29, 0.717) is 5.15 Å². The molecule has 0 aliphatic heterocycles. The van der Waals surface area contributed by atoms with E-state index < -0.39 is 0 Å². The van der Waals surface area contributed by atoms with Gasteiger partial charge in [0.15, 0.2) is 0 Å². The van der Waals surface area contributed by atoms with E-state index in [2.05, 4.69) is 29.1 Å². The molecule has 0 saturated heterocycles. The molecule has 4 heteroatoms. The molecule has 1 aromatic rings. The zero-order valence-electron chi connectivity index (χ0n) is 10.1. The molecule has 0 atom stereocenters. The monoisotopic (exact) mass is 241 g/mol. The summed E-state index contributed by atoms with van der Waals surface area (Å²) in [5.41, 5.74) is 1.04. The van der Waals surface area contributed by atoms with Gasteiger partial charge in [-0.15, -0.1) is 0 Å². The number of aromatic nitrogens is 2. The van der Waals surface area contributed by atoms with Crippen molar-refractivity contribution in [2.75, 3.05) is 11.9 Å². The van der Waals surface area contributed by atoms with E-state index in [1.165, 1.54) is 25.6 Å². The van der Waals surface area contributed by atoms with Crippen LogP contribution in [-0.4, -0.2) is 16.5 Å². The van der Waals surface area contributed by atoms with Crippen molar-refractivity contribution in [3.63, 3.8) is 0 Å². The maximum Gasteiger partial charge on any atom is 0.137 e. The fourth-order valence-electron chi connectivity index (χ4n) is 1.60. The van der Waals surface area contributed by atoms with E-state index >= 15 is 0 Å². The highest BCUT2D eigenvalue weighted by Gasteiger charge is 2.07. The largest absolute Gasteiger partial charge is 0.370 e. The summed E-state index contributed by atoms with van der Waals surface area (Å²) in [5, 5.41) is 3.92. The third-order valence-electron chi connectivity index (χ3n) is 2.47. The highest BCUT2D eigenvalue weighted by atomic mass is 35.5. The Bertz CT molecular complexity index is 315. The van der Waals surface area contributed by atoms with Gasteiger partial charge in [-0.3, -0.25) is 0 Å². The first-order chi connectivity index (χ1) is 7.79. The van der Waals surface area contributed by atoms with E-state index in [4.69, 9.17) is 11.6 Å². The van der Waals surface area contributed by atoms with Gasteiger partial charge in [0.25, 0.3) is 0 Å². The second kappa shape index (κ2) is 7.44. The molecule has 1 aromatic heterocycles. The number of nitrogens with zero attached hydrogens (tertiary/aromatic N) is 2. The topological polar surface area (TPSA) is 37.8 Å². The van der Waals surface area contributed by atoms with Crippen LogP contribution in [0.4, 0.5) is 5.82 Å². The minimum atomic E-state index is 0.579. The van der Waals surface area contributed by atoms with Crippen molar-refractivity contribution in [2.24, 2.45) is 0 Å². The summed E-state index contributed by atoms with van der Waals surface area (Å²) >= 11 is 6.06. The minimum absolute atomic E-state index is 0.579. The summed E-state index contributed by atoms with van der Waals surface area (Å²) in [6.07, 6.45) is 7.14. The lowest BCUT2D eigenvalue weighted by atomic mass is 10.2. The van der Waals surface area contributed by atoms with Crippen molar-refractivity contribution in [3.05, 3.63) is 17.0 Å². The molecule has 0 unspecified atom stereocenters. The molecule has 0 fully saturated rings. The highest BCUT2D eigenvalue weighted by molar-refractivity contribution is 6.30. The van der Waals surface area contributed by atoms with Crippen molar-refractivity contribution in [2.45, 2.75) is 46.0 Å². The van der Waals surface area contributed by atoms with E-state index in [-0.39, 0.29) is 0 Å². The fourth-order valence-corrected chi connectivity index (χ4v) is 1.82. The molecule has 3 nitrogen and oxygen atoms in total. The van der Waals surface area contributed by atoms with Gasteiger partial charge < -0.3 is 5.32 Å². The summed E-state index contributed by atoms with van der Waals surface area (Å²) in [7, 11) is 0. The van der Waals surface area contributed by atoms with Gasteiger partial charge in [-0.25, -0.2) is 9.97 Å². The molecule has 16 heavy (non-hydrogen) atoms. The number of hydrogen-bond acceptors (Lipinski definition) is 3. The predicted molar refractivity (Wildman–Crippen MR) is 69.1 cm³/mol. The molecule has 0 aliphatic carbocycles. The lowest BCUT2D eigenvalue weighted by Gasteiger charge is -2.10. The lowest BCUT2D eigenvalue weighted by molar-refractivity contribution is 0.740. The molecule has 0 bridgehead atoms. The molecular weight excluding hydrogens is 222 g/mol. The maximum atomic E-state index is 6.06. The summed E-state index contributed by atoms with van der Waals surface area (Å²) in [6, 6.07) is 0. The Kier molecular flexibility index (Phi) is 6.16. The number of anilines is 1. The number of nitrogens with one attached hydrogen (secondary N) is 1. The third kappa shape index (κ3) is 3.97. The summed E-state index contributed by atoms with van der Waals surface area (Å²) < 4.78 is 0. The number of unbranched alkanes of at least 4 members (excludes halogenated alkanes) is 2. The van der Waals surface area contributed by atoms with Gasteiger partial charge in [-0.2, -0.15) is 0 Å². The van der Waals surface area contributed by atoms with Crippen molar-refractivity contribution in [3.8, 4) is 0 Å². The Balaban J connectivity index is 2.59. The van der Waals surface area contributed by atoms with Crippen molar-refractivity contribution in [1.82, 2.24) is 9.97 Å². The Hall–Kier alpha value is -0.830. The molecular formula is C12H20ClN3. The molecule has 0 saturated carbocycles. The predicted octanol–water partition coefficient (Wildman–Crippen LogP) is 3.68. The summed E-state index contributed by atoms with van der Waals surface area (Å²) in [4.78, 5) is 8.27. The van der Waals surface area contributed by atoms with Gasteiger partial charge in [0.1, 0.15) is 17.3 Å². The van der Waals surface area contributed by atoms with Crippen LogP contribution in [0, 0.1) is 0 Å². The van der Waals surface area contributed by atoms with Crippen LogP contribution in [0.15, 0.2) is 6.33 Å². The number of halogens is 1. The van der Waals surface area contributed by atoms with Crippen molar-refractivity contribution >= 4 is 17.4 Å². The zero-order chi connectivity index (χ0) is 11.8. The molecule has 0 spiro atoms. The van der Waals surface area contributed by atoms with Crippen molar-refractivity contribution < 1.29 is 0 Å². The van der Waals surface area contributed by atoms with E-state index in [1.54, 1.807) is 0 Å². The highest BCUT2D eigenvalue weighted by Crippen LogP contribution is 2.21. The molecule has 0 radical (unpaired) electrons. The normalized spacial score (nSPS) is 10.4. The third-order valence-corrected chi connectivity index (χ3v) is 2.79. The molecule has 0 aromatic carbocycles. The fraction of sp³-hybridized carbons (Fsp3) is 0.667. The smallest absolute Gasteiger partial charge is 0.137 e. The Morgan fingerprint density at radius 3 is 2.69 bits per heavy atom. The van der Waals surface area contributed by atoms with E-state index in [1.807, 2.05) is 0 Å². The van der Waals surface area contributed by atoms with Crippen LogP contribution in [0.25, 0.3) is 0 Å². The van der Waals surface area contributed by atoms with Crippen LogP contribution in [-0.2, 0) is 6.42 Å². The van der Waals surface area contributed by atoms with Gasteiger partial charge >= 0.3 is 0 Å². The molecule has 0 amide bonds. The molecule has 90 valence electrons. The Labute approximate surface area is 103 Å². The van der Waals surface area contributed by atoms with E-state index in [9.17, 15) is 0 Å². The lowest BCUT2D eigenvalue weighted by Crippen LogP contribution is -2.07. The molecule has 1 rings (SSSR count). The van der Waals surface area contributed by atoms with Gasteiger partial charge in [0.05, 0.1) is 0 Å². The Morgan fingerprint density at radius 2 is 2.00 bits per heavy atom. The molecule has 1 N–H and O–H groups in total. The second-order valence-electron chi connectivity index (χ2n) is 3.88. The van der Waals surface area contributed by atoms with Crippen LogP contribution in [0.2, 0.25) is 5.15 Å². The van der Waals surface area contributed by atoms with Crippen LogP contribution >= 0.6 is 11.6 Å². The average molecular weight is 242 g/mol. The van der Waals surface area contributed by atoms with Crippen LogP contribution in [0.1, 0.15) is 45.1 Å². The van der Waals surface area contributed by atoms with Crippen LogP contribution in [0.3, 0.4) is 0 Å². The first-order valence-electron chi connectivity index (χ1n) is 6.02. The summed E-state index contributed by atoms with van der Waals surface area (Å²) in [5.74, 6) is 0.901. The standard InChI is InChI=1S/C12H20ClN3/c1-3-5-6-8-14-12-10(7-4-2)11(13)15-9-16-12/h9H,3-8H2,1-2H3,(H,14,15,16). The zero-order valence-corrected chi connectivity index (χ0v) is 10.8. The first kappa shape index (κ1) is 13.2. The van der Waals surface area contributed by atoms with Crippen molar-refractivity contribution in [1.29, 1.82) is 0 Å². The van der Waals surface area contributed by atoms with Crippen LogP contribution in [0.5, 0.6) is 0 Å². The molecule has 1 heterocycles. The SMILES string of the molecule is CCCCCNc1ncnc(Cl)c1CCC. The number of rotatable bonds is 7. The van der Waals surface area contributed by atoms with Gasteiger partial charge in [-0.05, 0) is 12.8 Å². The van der Waals surface area contributed by atoms with E-state index in [0.717, 1.165) is 30.8 Å². The first-order valence-corrected chi connectivity index (χ1v) is 6.40.